The molecule has 17 heavy (non-hydrogen) atoms. The lowest BCUT2D eigenvalue weighted by Crippen LogP contribution is -2.22. The highest BCUT2D eigenvalue weighted by Crippen LogP contribution is 2.20. The van der Waals surface area contributed by atoms with Gasteiger partial charge in [-0.25, -0.2) is 9.97 Å². The summed E-state index contributed by atoms with van der Waals surface area (Å²) in [4.78, 5) is 8.72. The zero-order chi connectivity index (χ0) is 12.9. The maximum atomic E-state index is 4.39. The lowest BCUT2D eigenvalue weighted by molar-refractivity contribution is 0.376. The Bertz CT molecular complexity index is 360. The lowest BCUT2D eigenvalue weighted by atomic mass is 9.90. The van der Waals surface area contributed by atoms with Crippen LogP contribution in [0.4, 0.5) is 11.6 Å². The predicted molar refractivity (Wildman–Crippen MR) is 73.5 cm³/mol. The van der Waals surface area contributed by atoms with Gasteiger partial charge in [0.25, 0.3) is 0 Å². The van der Waals surface area contributed by atoms with Gasteiger partial charge in [0, 0.05) is 19.2 Å². The largest absolute Gasteiger partial charge is 0.370 e. The average molecular weight is 236 g/mol. The number of aromatic nitrogens is 2. The van der Waals surface area contributed by atoms with Gasteiger partial charge in [-0.1, -0.05) is 20.8 Å². The van der Waals surface area contributed by atoms with E-state index in [1.807, 2.05) is 13.0 Å². The third-order valence-electron chi connectivity index (χ3n) is 2.90. The van der Waals surface area contributed by atoms with Crippen LogP contribution in [0, 0.1) is 12.3 Å². The molecule has 0 radical (unpaired) electrons. The Morgan fingerprint density at radius 3 is 2.24 bits per heavy atom. The molecule has 0 atom stereocenters. The van der Waals surface area contributed by atoms with Crippen LogP contribution in [0.1, 0.15) is 39.9 Å². The molecule has 0 aliphatic carbocycles. The first-order valence-corrected chi connectivity index (χ1v) is 6.30. The summed E-state index contributed by atoms with van der Waals surface area (Å²) in [5, 5.41) is 6.59. The molecule has 0 saturated carbocycles. The van der Waals surface area contributed by atoms with E-state index in [9.17, 15) is 0 Å². The van der Waals surface area contributed by atoms with Crippen LogP contribution in [0.5, 0.6) is 0 Å². The summed E-state index contributed by atoms with van der Waals surface area (Å²) in [7, 11) is 0. The van der Waals surface area contributed by atoms with Crippen LogP contribution in [0.25, 0.3) is 0 Å². The second kappa shape index (κ2) is 5.84. The van der Waals surface area contributed by atoms with Crippen molar-refractivity contribution in [3.63, 3.8) is 0 Å². The van der Waals surface area contributed by atoms with Gasteiger partial charge in [-0.05, 0) is 25.7 Å². The summed E-state index contributed by atoms with van der Waals surface area (Å²) in [5.74, 6) is 2.58. The lowest BCUT2D eigenvalue weighted by Gasteiger charge is -2.23. The van der Waals surface area contributed by atoms with E-state index in [0.717, 1.165) is 37.0 Å². The summed E-state index contributed by atoms with van der Waals surface area (Å²) < 4.78 is 0. The second-order valence-electron chi connectivity index (χ2n) is 5.09. The van der Waals surface area contributed by atoms with Crippen molar-refractivity contribution >= 4 is 11.6 Å². The number of hydrogen-bond acceptors (Lipinski definition) is 4. The van der Waals surface area contributed by atoms with Crippen LogP contribution in [0.2, 0.25) is 0 Å². The zero-order valence-corrected chi connectivity index (χ0v) is 11.6. The van der Waals surface area contributed by atoms with Crippen LogP contribution in [0.15, 0.2) is 6.07 Å². The van der Waals surface area contributed by atoms with Crippen LogP contribution in [-0.2, 0) is 0 Å². The fourth-order valence-electron chi connectivity index (χ4n) is 1.38. The minimum absolute atomic E-state index is 0.289. The molecule has 1 heterocycles. The first kappa shape index (κ1) is 13.7. The van der Waals surface area contributed by atoms with Crippen LogP contribution in [-0.4, -0.2) is 23.1 Å². The molecule has 4 heteroatoms. The summed E-state index contributed by atoms with van der Waals surface area (Å²) in [6, 6.07) is 1.96. The van der Waals surface area contributed by atoms with Gasteiger partial charge in [0.2, 0.25) is 0 Å². The summed E-state index contributed by atoms with van der Waals surface area (Å²) in [5.41, 5.74) is 0.289. The SMILES string of the molecule is CCNc1cc(NCC(C)(C)CC)nc(C)n1. The van der Waals surface area contributed by atoms with Crippen molar-refractivity contribution in [2.24, 2.45) is 5.41 Å². The molecule has 0 bridgehead atoms. The minimum atomic E-state index is 0.289. The summed E-state index contributed by atoms with van der Waals surface area (Å²) in [6.45, 7) is 12.5. The molecular weight excluding hydrogens is 212 g/mol. The van der Waals surface area contributed by atoms with Gasteiger partial charge >= 0.3 is 0 Å². The fourth-order valence-corrected chi connectivity index (χ4v) is 1.38. The van der Waals surface area contributed by atoms with E-state index in [2.05, 4.69) is 48.3 Å². The topological polar surface area (TPSA) is 49.8 Å². The Kier molecular flexibility index (Phi) is 4.73. The van der Waals surface area contributed by atoms with E-state index < -0.39 is 0 Å². The average Bonchev–Trinajstić information content (AvgIpc) is 2.26. The van der Waals surface area contributed by atoms with Crippen molar-refractivity contribution in [3.8, 4) is 0 Å². The molecule has 0 spiro atoms. The molecule has 0 unspecified atom stereocenters. The summed E-state index contributed by atoms with van der Waals surface area (Å²) >= 11 is 0. The van der Waals surface area contributed by atoms with E-state index in [1.54, 1.807) is 0 Å². The minimum Gasteiger partial charge on any atom is -0.370 e. The predicted octanol–water partition coefficient (Wildman–Crippen LogP) is 3.06. The normalized spacial score (nSPS) is 11.4. The fraction of sp³-hybridized carbons (Fsp3) is 0.692. The van der Waals surface area contributed by atoms with E-state index in [4.69, 9.17) is 0 Å². The highest BCUT2D eigenvalue weighted by molar-refractivity contribution is 5.47. The molecule has 0 amide bonds. The third kappa shape index (κ3) is 4.59. The monoisotopic (exact) mass is 236 g/mol. The summed E-state index contributed by atoms with van der Waals surface area (Å²) in [6.07, 6.45) is 1.14. The number of nitrogens with zero attached hydrogens (tertiary/aromatic N) is 2. The van der Waals surface area contributed by atoms with E-state index in [0.29, 0.717) is 0 Å². The molecular formula is C13H24N4. The Labute approximate surface area is 104 Å². The quantitative estimate of drug-likeness (QED) is 0.797. The number of hydrogen-bond donors (Lipinski definition) is 2. The van der Waals surface area contributed by atoms with Crippen molar-refractivity contribution in [1.29, 1.82) is 0 Å². The van der Waals surface area contributed by atoms with Gasteiger partial charge in [-0.2, -0.15) is 0 Å². The van der Waals surface area contributed by atoms with Crippen molar-refractivity contribution in [1.82, 2.24) is 9.97 Å². The third-order valence-corrected chi connectivity index (χ3v) is 2.90. The number of rotatable bonds is 6. The molecule has 4 nitrogen and oxygen atoms in total. The van der Waals surface area contributed by atoms with Crippen LogP contribution in [0.3, 0.4) is 0 Å². The van der Waals surface area contributed by atoms with E-state index in [1.165, 1.54) is 0 Å². The van der Waals surface area contributed by atoms with Gasteiger partial charge in [-0.3, -0.25) is 0 Å². The molecule has 0 aliphatic rings. The van der Waals surface area contributed by atoms with Gasteiger partial charge < -0.3 is 10.6 Å². The van der Waals surface area contributed by atoms with Crippen molar-refractivity contribution in [2.75, 3.05) is 23.7 Å². The van der Waals surface area contributed by atoms with E-state index in [-0.39, 0.29) is 5.41 Å². The molecule has 1 aromatic heterocycles. The Balaban J connectivity index is 2.70. The molecule has 0 aliphatic heterocycles. The molecule has 0 fully saturated rings. The van der Waals surface area contributed by atoms with Gasteiger partial charge in [0.05, 0.1) is 0 Å². The van der Waals surface area contributed by atoms with Crippen LogP contribution >= 0.6 is 0 Å². The van der Waals surface area contributed by atoms with E-state index >= 15 is 0 Å². The Morgan fingerprint density at radius 1 is 1.12 bits per heavy atom. The number of anilines is 2. The van der Waals surface area contributed by atoms with Crippen molar-refractivity contribution < 1.29 is 0 Å². The number of aryl methyl sites for hydroxylation is 1. The highest BCUT2D eigenvalue weighted by atomic mass is 15.1. The van der Waals surface area contributed by atoms with Gasteiger partial charge in [0.15, 0.2) is 0 Å². The zero-order valence-electron chi connectivity index (χ0n) is 11.6. The standard InChI is InChI=1S/C13H24N4/c1-6-13(4,5)9-15-12-8-11(14-7-2)16-10(3)17-12/h8H,6-7,9H2,1-5H3,(H2,14,15,16,17). The van der Waals surface area contributed by atoms with Gasteiger partial charge in [-0.15, -0.1) is 0 Å². The van der Waals surface area contributed by atoms with Gasteiger partial charge in [0.1, 0.15) is 17.5 Å². The molecule has 0 aromatic carbocycles. The Hall–Kier alpha value is -1.32. The highest BCUT2D eigenvalue weighted by Gasteiger charge is 2.14. The molecule has 1 rings (SSSR count). The smallest absolute Gasteiger partial charge is 0.131 e. The second-order valence-corrected chi connectivity index (χ2v) is 5.09. The van der Waals surface area contributed by atoms with Crippen LogP contribution < -0.4 is 10.6 Å². The number of nitrogens with one attached hydrogen (secondary N) is 2. The first-order valence-electron chi connectivity index (χ1n) is 6.30. The van der Waals surface area contributed by atoms with Crippen molar-refractivity contribution in [3.05, 3.63) is 11.9 Å². The van der Waals surface area contributed by atoms with Crippen molar-refractivity contribution in [2.45, 2.75) is 41.0 Å². The first-order chi connectivity index (χ1) is 7.96. The molecule has 0 saturated heterocycles. The molecule has 1 aromatic rings. The molecule has 96 valence electrons. The Morgan fingerprint density at radius 2 is 1.71 bits per heavy atom. The maximum Gasteiger partial charge on any atom is 0.131 e. The molecule has 2 N–H and O–H groups in total. The maximum absolute atomic E-state index is 4.39.